The van der Waals surface area contributed by atoms with Crippen molar-refractivity contribution in [2.75, 3.05) is 6.61 Å². The Labute approximate surface area is 187 Å². The van der Waals surface area contributed by atoms with E-state index in [1.165, 1.54) is 6.07 Å². The molecule has 0 unspecified atom stereocenters. The first-order valence-corrected chi connectivity index (χ1v) is 11.4. The fourth-order valence-corrected chi connectivity index (χ4v) is 7.10. The first-order valence-electron chi connectivity index (χ1n) is 11.4. The molecule has 7 heteroatoms. The van der Waals surface area contributed by atoms with Gasteiger partial charge in [0.05, 0.1) is 18.3 Å². The van der Waals surface area contributed by atoms with Gasteiger partial charge in [0.2, 0.25) is 0 Å². The van der Waals surface area contributed by atoms with Crippen LogP contribution in [0.5, 0.6) is 5.95 Å². The van der Waals surface area contributed by atoms with Gasteiger partial charge in [-0.1, -0.05) is 32.1 Å². The number of rotatable bonds is 2. The molecule has 6 rings (SSSR count). The Morgan fingerprint density at radius 1 is 1.09 bits per heavy atom. The van der Waals surface area contributed by atoms with Crippen molar-refractivity contribution < 1.29 is 29.2 Å². The van der Waals surface area contributed by atoms with Crippen LogP contribution in [0.25, 0.3) is 6.08 Å². The fraction of sp³-hybridized carbons (Fsp3) is 0.640. The van der Waals surface area contributed by atoms with Gasteiger partial charge < -0.3 is 29.2 Å². The fourth-order valence-electron chi connectivity index (χ4n) is 7.10. The Hall–Kier alpha value is -1.93. The van der Waals surface area contributed by atoms with E-state index in [0.29, 0.717) is 31.4 Å². The number of fused-ring (bicyclic) bond motifs is 4. The molecule has 2 saturated heterocycles. The molecule has 3 aliphatic heterocycles. The zero-order valence-electron chi connectivity index (χ0n) is 19.1. The van der Waals surface area contributed by atoms with Crippen LogP contribution < -0.4 is 10.2 Å². The number of ether oxygens (including phenoxy) is 2. The Kier molecular flexibility index (Phi) is 4.49. The molecule has 32 heavy (non-hydrogen) atoms. The second-order valence-electron chi connectivity index (χ2n) is 10.7. The van der Waals surface area contributed by atoms with Crippen LogP contribution in [-0.4, -0.2) is 38.9 Å². The summed E-state index contributed by atoms with van der Waals surface area (Å²) >= 11 is 0. The molecule has 2 aliphatic carbocycles. The van der Waals surface area contributed by atoms with Gasteiger partial charge in [-0.15, -0.1) is 0 Å². The minimum absolute atomic E-state index is 0.0361. The van der Waals surface area contributed by atoms with Gasteiger partial charge in [0, 0.05) is 29.2 Å². The maximum absolute atomic E-state index is 13.0. The predicted molar refractivity (Wildman–Crippen MR) is 117 cm³/mol. The van der Waals surface area contributed by atoms with E-state index in [2.05, 4.69) is 0 Å². The molecule has 1 aromatic rings. The van der Waals surface area contributed by atoms with Crippen molar-refractivity contribution in [2.45, 2.75) is 76.5 Å². The lowest BCUT2D eigenvalue weighted by molar-refractivity contribution is -0.443. The highest BCUT2D eigenvalue weighted by molar-refractivity contribution is 5.47. The number of aliphatic hydroxyl groups is 3. The van der Waals surface area contributed by atoms with Crippen molar-refractivity contribution in [3.8, 4) is 5.95 Å². The minimum Gasteiger partial charge on any atom is -0.458 e. The average molecular weight is 445 g/mol. The van der Waals surface area contributed by atoms with Crippen molar-refractivity contribution in [3.05, 3.63) is 45.8 Å². The summed E-state index contributed by atoms with van der Waals surface area (Å²) < 4.78 is 18.2. The van der Waals surface area contributed by atoms with Gasteiger partial charge in [0.25, 0.3) is 5.95 Å². The molecule has 7 nitrogen and oxygen atoms in total. The Balaban J connectivity index is 1.65. The molecule has 5 aliphatic rings. The van der Waals surface area contributed by atoms with Gasteiger partial charge in [0.1, 0.15) is 16.9 Å². The SMILES string of the molecule is CC=CC=Cc1cc(=O)c2c(o1)O[C@]1(C)CC[C@@]3(O)C(C)(C)[C@]4(O)CC[C@]3(CO4)[C@H]1[C@H]2O. The van der Waals surface area contributed by atoms with Gasteiger partial charge in [-0.2, -0.15) is 0 Å². The maximum Gasteiger partial charge on any atom is 0.295 e. The summed E-state index contributed by atoms with van der Waals surface area (Å²) in [6, 6.07) is 1.35. The Morgan fingerprint density at radius 3 is 2.50 bits per heavy atom. The largest absolute Gasteiger partial charge is 0.458 e. The van der Waals surface area contributed by atoms with E-state index in [9.17, 15) is 20.1 Å². The molecule has 6 atom stereocenters. The third-order valence-corrected chi connectivity index (χ3v) is 9.02. The van der Waals surface area contributed by atoms with Crippen molar-refractivity contribution in [3.63, 3.8) is 0 Å². The maximum atomic E-state index is 13.0. The lowest BCUT2D eigenvalue weighted by Crippen LogP contribution is -2.82. The van der Waals surface area contributed by atoms with Crippen LogP contribution in [0.3, 0.4) is 0 Å². The first kappa shape index (κ1) is 21.9. The molecule has 4 heterocycles. The van der Waals surface area contributed by atoms with Gasteiger partial charge in [0.15, 0.2) is 11.2 Å². The molecule has 0 radical (unpaired) electrons. The van der Waals surface area contributed by atoms with Gasteiger partial charge in [-0.3, -0.25) is 4.79 Å². The quantitative estimate of drug-likeness (QED) is 0.602. The zero-order valence-corrected chi connectivity index (χ0v) is 19.1. The molecule has 4 fully saturated rings. The van der Waals surface area contributed by atoms with E-state index in [1.54, 1.807) is 12.2 Å². The van der Waals surface area contributed by atoms with Crippen molar-refractivity contribution in [2.24, 2.45) is 16.7 Å². The van der Waals surface area contributed by atoms with Crippen LogP contribution in [-0.2, 0) is 4.74 Å². The predicted octanol–water partition coefficient (Wildman–Crippen LogP) is 3.08. The zero-order chi connectivity index (χ0) is 23.2. The molecule has 2 bridgehead atoms. The summed E-state index contributed by atoms with van der Waals surface area (Å²) in [7, 11) is 0. The third-order valence-electron chi connectivity index (χ3n) is 9.02. The van der Waals surface area contributed by atoms with Gasteiger partial charge >= 0.3 is 0 Å². The molecular formula is C25H32O7. The second kappa shape index (κ2) is 6.56. The third kappa shape index (κ3) is 2.43. The van der Waals surface area contributed by atoms with Crippen molar-refractivity contribution >= 4 is 6.08 Å². The number of hydrogen-bond donors (Lipinski definition) is 3. The minimum atomic E-state index is -1.43. The van der Waals surface area contributed by atoms with Crippen LogP contribution in [0, 0.1) is 16.7 Å². The average Bonchev–Trinajstić information content (AvgIpc) is 2.71. The van der Waals surface area contributed by atoms with Crippen LogP contribution in [0.15, 0.2) is 33.5 Å². The highest BCUT2D eigenvalue weighted by atomic mass is 16.6. The summed E-state index contributed by atoms with van der Waals surface area (Å²) in [5.41, 5.74) is -4.27. The number of allylic oxidation sites excluding steroid dienone is 3. The molecule has 2 saturated carbocycles. The highest BCUT2D eigenvalue weighted by Gasteiger charge is 2.79. The van der Waals surface area contributed by atoms with Crippen LogP contribution in [0.2, 0.25) is 0 Å². The summed E-state index contributed by atoms with van der Waals surface area (Å²) in [5.74, 6) is -1.65. The van der Waals surface area contributed by atoms with E-state index < -0.39 is 39.8 Å². The van der Waals surface area contributed by atoms with Crippen LogP contribution >= 0.6 is 0 Å². The van der Waals surface area contributed by atoms with Crippen molar-refractivity contribution in [1.82, 2.24) is 0 Å². The first-order chi connectivity index (χ1) is 14.9. The summed E-state index contributed by atoms with van der Waals surface area (Å²) in [4.78, 5) is 13.0. The molecule has 0 aromatic carbocycles. The van der Waals surface area contributed by atoms with E-state index in [4.69, 9.17) is 13.9 Å². The Bertz CT molecular complexity index is 1060. The van der Waals surface area contributed by atoms with Gasteiger partial charge in [-0.05, 0) is 39.2 Å². The molecule has 1 aromatic heterocycles. The highest BCUT2D eigenvalue weighted by Crippen LogP contribution is 2.73. The van der Waals surface area contributed by atoms with E-state index >= 15 is 0 Å². The summed E-state index contributed by atoms with van der Waals surface area (Å²) in [6.07, 6.45) is 7.56. The number of hydrogen-bond acceptors (Lipinski definition) is 7. The lowest BCUT2D eigenvalue weighted by Gasteiger charge is -2.74. The smallest absolute Gasteiger partial charge is 0.295 e. The molecule has 1 spiro atoms. The molecule has 0 amide bonds. The normalized spacial score (nSPS) is 44.2. The second-order valence-corrected chi connectivity index (χ2v) is 10.7. The van der Waals surface area contributed by atoms with E-state index in [1.807, 2.05) is 39.8 Å². The summed E-state index contributed by atoms with van der Waals surface area (Å²) in [5, 5.41) is 34.8. The standard InChI is InChI=1S/C25H32O7/c1-5-6-7-8-15-13-16(26)17-18(27)19-22(4,32-20(17)31-15)9-11-24(28)21(2,3)25(29)12-10-23(19,24)14-30-25/h5-8,13,18-19,27-29H,9-12,14H2,1-4H3/t18-,19-,22+,23-,24+,25-/m0/s1. The lowest BCUT2D eigenvalue weighted by atomic mass is 9.38. The molecule has 3 N–H and O–H groups in total. The van der Waals surface area contributed by atoms with Crippen molar-refractivity contribution in [1.29, 1.82) is 0 Å². The summed E-state index contributed by atoms with van der Waals surface area (Å²) in [6.45, 7) is 7.53. The van der Waals surface area contributed by atoms with Gasteiger partial charge in [-0.25, -0.2) is 0 Å². The molecular weight excluding hydrogens is 412 g/mol. The van der Waals surface area contributed by atoms with E-state index in [-0.39, 0.29) is 23.5 Å². The number of aliphatic hydroxyl groups excluding tert-OH is 1. The molecule has 174 valence electrons. The topological polar surface area (TPSA) is 109 Å². The Morgan fingerprint density at radius 2 is 1.84 bits per heavy atom. The van der Waals surface area contributed by atoms with Crippen LogP contribution in [0.1, 0.15) is 70.8 Å². The van der Waals surface area contributed by atoms with E-state index in [0.717, 1.165) is 0 Å². The van der Waals surface area contributed by atoms with Crippen LogP contribution in [0.4, 0.5) is 0 Å². The monoisotopic (exact) mass is 444 g/mol.